The van der Waals surface area contributed by atoms with Gasteiger partial charge in [0, 0.05) is 31.7 Å². The highest BCUT2D eigenvalue weighted by atomic mass is 19.4. The Morgan fingerprint density at radius 3 is 2.67 bits per heavy atom. The molecule has 1 saturated carbocycles. The molecule has 5 rings (SSSR count). The molecule has 15 heteroatoms. The van der Waals surface area contributed by atoms with Crippen LogP contribution in [0.2, 0.25) is 0 Å². The second kappa shape index (κ2) is 10.2. The summed E-state index contributed by atoms with van der Waals surface area (Å²) in [5.41, 5.74) is 0.988. The van der Waals surface area contributed by atoms with Crippen molar-refractivity contribution in [3.63, 3.8) is 0 Å². The van der Waals surface area contributed by atoms with Gasteiger partial charge in [0.15, 0.2) is 11.4 Å². The number of ketones is 1. The van der Waals surface area contributed by atoms with Gasteiger partial charge in [-0.3, -0.25) is 4.79 Å². The van der Waals surface area contributed by atoms with Gasteiger partial charge < -0.3 is 14.7 Å². The molecule has 1 aliphatic carbocycles. The van der Waals surface area contributed by atoms with Crippen molar-refractivity contribution >= 4 is 17.5 Å². The minimum absolute atomic E-state index is 0.0196. The highest BCUT2D eigenvalue weighted by Gasteiger charge is 2.47. The van der Waals surface area contributed by atoms with Gasteiger partial charge in [0.2, 0.25) is 5.92 Å². The van der Waals surface area contributed by atoms with Gasteiger partial charge in [0.25, 0.3) is 0 Å². The SMILES string of the molecule is O=C(C[C@H](c1cn2ncc(CN3C[C@@H](C(F)(F)F)NC3=O)cc2n1)C1CCC(F)(F)CC1)c1conc1CF. The summed E-state index contributed by atoms with van der Waals surface area (Å²) in [6.45, 7) is -1.69. The number of alkyl halides is 6. The first kappa shape index (κ1) is 26.9. The van der Waals surface area contributed by atoms with E-state index >= 15 is 0 Å². The molecule has 3 aromatic heterocycles. The van der Waals surface area contributed by atoms with E-state index in [1.807, 2.05) is 5.32 Å². The number of Topliss-reactive ketones (excluding diaryl/α,β-unsaturated/α-hetero) is 1. The highest BCUT2D eigenvalue weighted by molar-refractivity contribution is 5.97. The van der Waals surface area contributed by atoms with Crippen LogP contribution in [-0.2, 0) is 13.2 Å². The van der Waals surface area contributed by atoms with E-state index in [2.05, 4.69) is 15.2 Å². The summed E-state index contributed by atoms with van der Waals surface area (Å²) in [6.07, 6.45) is -1.07. The van der Waals surface area contributed by atoms with Crippen LogP contribution in [0.1, 0.15) is 65.3 Å². The fourth-order valence-electron chi connectivity index (χ4n) is 5.20. The molecule has 1 aliphatic heterocycles. The Balaban J connectivity index is 1.39. The number of imidazole rings is 1. The van der Waals surface area contributed by atoms with E-state index in [1.165, 1.54) is 10.7 Å². The molecule has 0 unspecified atom stereocenters. The van der Waals surface area contributed by atoms with Crippen LogP contribution >= 0.6 is 0 Å². The lowest BCUT2D eigenvalue weighted by Crippen LogP contribution is -2.40. The van der Waals surface area contributed by atoms with E-state index in [9.17, 15) is 35.9 Å². The number of amides is 2. The molecule has 3 aromatic rings. The van der Waals surface area contributed by atoms with Crippen molar-refractivity contribution in [3.05, 3.63) is 47.2 Å². The lowest BCUT2D eigenvalue weighted by Gasteiger charge is -2.32. The van der Waals surface area contributed by atoms with Crippen LogP contribution in [0.3, 0.4) is 0 Å². The maximum atomic E-state index is 13.9. The molecule has 0 bridgehead atoms. The number of hydrogen-bond acceptors (Lipinski definition) is 6. The number of halogens is 6. The topological polar surface area (TPSA) is 106 Å². The second-order valence-electron chi connectivity index (χ2n) is 9.99. The molecule has 2 fully saturated rings. The van der Waals surface area contributed by atoms with Gasteiger partial charge >= 0.3 is 12.2 Å². The summed E-state index contributed by atoms with van der Waals surface area (Å²) in [6, 6.07) is -1.26. The molecule has 2 amide bonds. The molecule has 0 aromatic carbocycles. The lowest BCUT2D eigenvalue weighted by molar-refractivity contribution is -0.149. The zero-order valence-electron chi connectivity index (χ0n) is 20.4. The van der Waals surface area contributed by atoms with Crippen molar-refractivity contribution < 1.29 is 40.5 Å². The van der Waals surface area contributed by atoms with Crippen molar-refractivity contribution in [2.45, 2.75) is 69.4 Å². The van der Waals surface area contributed by atoms with E-state index in [0.29, 0.717) is 16.9 Å². The molecule has 1 N–H and O–H groups in total. The normalized spacial score (nSPS) is 20.9. The second-order valence-corrected chi connectivity index (χ2v) is 9.99. The van der Waals surface area contributed by atoms with Crippen molar-refractivity contribution in [1.82, 2.24) is 30.0 Å². The van der Waals surface area contributed by atoms with Crippen molar-refractivity contribution in [2.75, 3.05) is 6.54 Å². The Labute approximate surface area is 217 Å². The average Bonchev–Trinajstić information content (AvgIpc) is 3.60. The number of carbonyl (C=O) groups excluding carboxylic acids is 2. The Morgan fingerprint density at radius 1 is 1.26 bits per heavy atom. The molecule has 4 heterocycles. The number of hydrogen-bond donors (Lipinski definition) is 1. The van der Waals surface area contributed by atoms with Gasteiger partial charge in [-0.25, -0.2) is 27.5 Å². The Hall–Kier alpha value is -3.65. The van der Waals surface area contributed by atoms with Gasteiger partial charge in [0.1, 0.15) is 24.7 Å². The maximum Gasteiger partial charge on any atom is 0.410 e. The van der Waals surface area contributed by atoms with E-state index in [4.69, 9.17) is 4.52 Å². The van der Waals surface area contributed by atoms with Crippen LogP contribution in [0.5, 0.6) is 0 Å². The molecule has 0 radical (unpaired) electrons. The summed E-state index contributed by atoms with van der Waals surface area (Å²) < 4.78 is 86.1. The highest BCUT2D eigenvalue weighted by Crippen LogP contribution is 2.44. The van der Waals surface area contributed by atoms with Gasteiger partial charge in [-0.1, -0.05) is 5.16 Å². The maximum absolute atomic E-state index is 13.9. The summed E-state index contributed by atoms with van der Waals surface area (Å²) in [4.78, 5) is 30.6. The van der Waals surface area contributed by atoms with E-state index in [-0.39, 0.29) is 55.8 Å². The first-order chi connectivity index (χ1) is 18.4. The zero-order valence-corrected chi connectivity index (χ0v) is 20.4. The quantitative estimate of drug-likeness (QED) is 0.314. The van der Waals surface area contributed by atoms with Gasteiger partial charge in [-0.05, 0) is 30.4 Å². The first-order valence-corrected chi connectivity index (χ1v) is 12.3. The van der Waals surface area contributed by atoms with Crippen LogP contribution in [0.4, 0.5) is 31.1 Å². The number of urea groups is 1. The van der Waals surface area contributed by atoms with E-state index < -0.39 is 49.1 Å². The largest absolute Gasteiger partial charge is 0.410 e. The van der Waals surface area contributed by atoms with Crippen LogP contribution in [0.25, 0.3) is 5.65 Å². The number of rotatable bonds is 8. The molecular weight excluding hydrogens is 534 g/mol. The van der Waals surface area contributed by atoms with Crippen LogP contribution in [0, 0.1) is 5.92 Å². The van der Waals surface area contributed by atoms with Gasteiger partial charge in [0.05, 0.1) is 30.2 Å². The summed E-state index contributed by atoms with van der Waals surface area (Å²) in [5.74, 6) is -4.14. The number of fused-ring (bicyclic) bond motifs is 1. The predicted molar refractivity (Wildman–Crippen MR) is 122 cm³/mol. The van der Waals surface area contributed by atoms with E-state index in [0.717, 1.165) is 11.2 Å². The standard InChI is InChI=1S/C24H24F6N6O3/c25-7-17-16(12-39-34-17)19(37)6-15(14-1-3-23(26,27)4-2-14)18-10-36-21(32-18)5-13(8-31-36)9-35-11-20(24(28,29)30)33-22(35)38/h5,8,10,12,14-15,20H,1-4,6-7,9,11H2,(H,33,38)/t15-,20-/m0/s1. The van der Waals surface area contributed by atoms with Crippen molar-refractivity contribution in [1.29, 1.82) is 0 Å². The lowest BCUT2D eigenvalue weighted by atomic mass is 9.75. The third-order valence-electron chi connectivity index (χ3n) is 7.34. The molecule has 9 nitrogen and oxygen atoms in total. The van der Waals surface area contributed by atoms with Crippen molar-refractivity contribution in [2.24, 2.45) is 5.92 Å². The van der Waals surface area contributed by atoms with Crippen LogP contribution in [0.15, 0.2) is 29.2 Å². The average molecular weight is 558 g/mol. The molecule has 2 aliphatic rings. The number of aromatic nitrogens is 4. The summed E-state index contributed by atoms with van der Waals surface area (Å²) >= 11 is 0. The van der Waals surface area contributed by atoms with Gasteiger partial charge in [-0.2, -0.15) is 18.3 Å². The van der Waals surface area contributed by atoms with Gasteiger partial charge in [-0.15, -0.1) is 0 Å². The Bertz CT molecular complexity index is 1360. The fourth-order valence-corrected chi connectivity index (χ4v) is 5.20. The van der Waals surface area contributed by atoms with E-state index in [1.54, 1.807) is 12.3 Å². The minimum Gasteiger partial charge on any atom is -0.364 e. The van der Waals surface area contributed by atoms with Crippen LogP contribution in [-0.4, -0.2) is 61.2 Å². The molecule has 210 valence electrons. The Morgan fingerprint density at radius 2 is 2.00 bits per heavy atom. The number of carbonyl (C=O) groups is 2. The van der Waals surface area contributed by atoms with Crippen molar-refractivity contribution in [3.8, 4) is 0 Å². The minimum atomic E-state index is -4.57. The smallest absolute Gasteiger partial charge is 0.364 e. The number of nitrogens with zero attached hydrogens (tertiary/aromatic N) is 5. The Kier molecular flexibility index (Phi) is 7.01. The molecule has 1 saturated heterocycles. The summed E-state index contributed by atoms with van der Waals surface area (Å²) in [5, 5.41) is 9.62. The number of nitrogens with one attached hydrogen (secondary N) is 1. The summed E-state index contributed by atoms with van der Waals surface area (Å²) in [7, 11) is 0. The molecular formula is C24H24F6N6O3. The third-order valence-corrected chi connectivity index (χ3v) is 7.34. The first-order valence-electron chi connectivity index (χ1n) is 12.3. The third kappa shape index (κ3) is 5.71. The molecule has 0 spiro atoms. The fraction of sp³-hybridized carbons (Fsp3) is 0.542. The molecule has 39 heavy (non-hydrogen) atoms. The molecule has 2 atom stereocenters. The monoisotopic (exact) mass is 558 g/mol. The zero-order chi connectivity index (χ0) is 27.9. The van der Waals surface area contributed by atoms with Crippen LogP contribution < -0.4 is 5.32 Å². The predicted octanol–water partition coefficient (Wildman–Crippen LogP) is 4.83.